The summed E-state index contributed by atoms with van der Waals surface area (Å²) in [4.78, 5) is 2.48. The van der Waals surface area contributed by atoms with Crippen molar-refractivity contribution in [2.45, 2.75) is 80.2 Å². The summed E-state index contributed by atoms with van der Waals surface area (Å²) in [5.74, 6) is 0. The third kappa shape index (κ3) is 11.4. The first-order valence-corrected chi connectivity index (χ1v) is 8.45. The number of hydrogen-bond acceptors (Lipinski definition) is 2. The van der Waals surface area contributed by atoms with E-state index in [0.717, 1.165) is 0 Å². The first kappa shape index (κ1) is 21.2. The van der Waals surface area contributed by atoms with Gasteiger partial charge in [-0.2, -0.15) is 0 Å². The average molecular weight is 273 g/mol. The molecule has 0 aromatic rings. The lowest BCUT2D eigenvalue weighted by Crippen LogP contribution is -2.35. The van der Waals surface area contributed by atoms with Gasteiger partial charge in [-0.15, -0.1) is 0 Å². The molecule has 0 bridgehead atoms. The van der Waals surface area contributed by atoms with E-state index in [-0.39, 0.29) is 0 Å². The first-order valence-electron chi connectivity index (χ1n) is 8.45. The molecule has 1 saturated heterocycles. The first-order chi connectivity index (χ1) is 9.03. The summed E-state index contributed by atoms with van der Waals surface area (Å²) in [6, 6.07) is 0.714. The summed E-state index contributed by atoms with van der Waals surface area (Å²) < 4.78 is 0. The van der Waals surface area contributed by atoms with Crippen molar-refractivity contribution in [3.05, 3.63) is 0 Å². The molecule has 1 fully saturated rings. The Hall–Kier alpha value is -0.0800. The molecule has 0 radical (unpaired) electrons. The predicted octanol–water partition coefficient (Wildman–Crippen LogP) is 4.55. The lowest BCUT2D eigenvalue weighted by atomic mass is 9.90. The minimum Gasteiger partial charge on any atom is -0.312 e. The summed E-state index contributed by atoms with van der Waals surface area (Å²) in [6.07, 6.45) is 5.37. The fraction of sp³-hybridized carbons (Fsp3) is 1.00. The zero-order valence-corrected chi connectivity index (χ0v) is 15.0. The highest BCUT2D eigenvalue weighted by atomic mass is 15.1. The van der Waals surface area contributed by atoms with Gasteiger partial charge in [0.1, 0.15) is 0 Å². The minimum absolute atomic E-state index is 0.509. The molecule has 0 aromatic carbocycles. The molecule has 1 unspecified atom stereocenters. The van der Waals surface area contributed by atoms with Gasteiger partial charge in [0.15, 0.2) is 0 Å². The average Bonchev–Trinajstić information content (AvgIpc) is 2.74. The van der Waals surface area contributed by atoms with Gasteiger partial charge in [0.2, 0.25) is 0 Å². The molecule has 1 heterocycles. The van der Waals surface area contributed by atoms with Crippen LogP contribution in [0.2, 0.25) is 0 Å². The van der Waals surface area contributed by atoms with Crippen LogP contribution in [0.25, 0.3) is 0 Å². The molecule has 1 aliphatic heterocycles. The Bertz CT molecular complexity index is 178. The number of hydrogen-bond donors (Lipinski definition) is 1. The van der Waals surface area contributed by atoms with Crippen LogP contribution in [0.15, 0.2) is 0 Å². The largest absolute Gasteiger partial charge is 0.312 e. The van der Waals surface area contributed by atoms with Crippen LogP contribution < -0.4 is 5.32 Å². The number of rotatable bonds is 6. The van der Waals surface area contributed by atoms with Gasteiger partial charge < -0.3 is 10.2 Å². The van der Waals surface area contributed by atoms with E-state index in [0.29, 0.717) is 11.5 Å². The van der Waals surface area contributed by atoms with Gasteiger partial charge in [-0.05, 0) is 31.8 Å². The van der Waals surface area contributed by atoms with Crippen LogP contribution in [0.5, 0.6) is 0 Å². The van der Waals surface area contributed by atoms with Crippen LogP contribution in [0.3, 0.4) is 0 Å². The third-order valence-corrected chi connectivity index (χ3v) is 3.34. The van der Waals surface area contributed by atoms with Crippen molar-refractivity contribution in [1.29, 1.82) is 0 Å². The predicted molar refractivity (Wildman–Crippen MR) is 89.9 cm³/mol. The van der Waals surface area contributed by atoms with Gasteiger partial charge in [-0.25, -0.2) is 0 Å². The summed E-state index contributed by atoms with van der Waals surface area (Å²) in [5, 5.41) is 3.63. The van der Waals surface area contributed by atoms with Gasteiger partial charge in [0.05, 0.1) is 0 Å². The van der Waals surface area contributed by atoms with Crippen LogP contribution >= 0.6 is 0 Å². The fourth-order valence-corrected chi connectivity index (χ4v) is 2.46. The molecule has 2 nitrogen and oxygen atoms in total. The molecule has 0 amide bonds. The Morgan fingerprint density at radius 2 is 1.68 bits per heavy atom. The maximum absolute atomic E-state index is 3.63. The van der Waals surface area contributed by atoms with Gasteiger partial charge in [0, 0.05) is 19.1 Å². The van der Waals surface area contributed by atoms with Crippen molar-refractivity contribution >= 4 is 0 Å². The fourth-order valence-electron chi connectivity index (χ4n) is 2.46. The smallest absolute Gasteiger partial charge is 0.0200 e. The topological polar surface area (TPSA) is 15.3 Å². The molecule has 0 aliphatic carbocycles. The molecule has 2 heteroatoms. The van der Waals surface area contributed by atoms with Crippen LogP contribution in [-0.2, 0) is 0 Å². The second kappa shape index (κ2) is 12.9. The number of likely N-dealkylation sites (N-methyl/N-ethyl adjacent to an activating group) is 1. The lowest BCUT2D eigenvalue weighted by Gasteiger charge is -2.21. The van der Waals surface area contributed by atoms with Gasteiger partial charge >= 0.3 is 0 Å². The molecule has 19 heavy (non-hydrogen) atoms. The van der Waals surface area contributed by atoms with Crippen LogP contribution in [0.1, 0.15) is 74.1 Å². The summed E-state index contributed by atoms with van der Waals surface area (Å²) >= 11 is 0. The second-order valence-electron chi connectivity index (χ2n) is 5.92. The standard InChI is InChI=1S/C13H28N2.2C2H6/c1-5-6-7-8-15(4)10-12-9-13(2,3)11-14-12;2*1-2/h12,14H,5-11H2,1-4H3;2*1-2H3. The molecule has 0 aromatic heterocycles. The van der Waals surface area contributed by atoms with E-state index >= 15 is 0 Å². The van der Waals surface area contributed by atoms with Crippen molar-refractivity contribution in [2.24, 2.45) is 5.41 Å². The molecule has 1 rings (SSSR count). The molecule has 1 aliphatic rings. The number of unbranched alkanes of at least 4 members (excludes halogenated alkanes) is 2. The highest BCUT2D eigenvalue weighted by molar-refractivity contribution is 4.88. The molecular weight excluding hydrogens is 232 g/mol. The van der Waals surface area contributed by atoms with Crippen molar-refractivity contribution in [1.82, 2.24) is 10.2 Å². The SMILES string of the molecule is CC.CC.CCCCCN(C)CC1CC(C)(C)CN1. The Kier molecular flexibility index (Phi) is 14.4. The van der Waals surface area contributed by atoms with Gasteiger partial charge in [-0.3, -0.25) is 0 Å². The van der Waals surface area contributed by atoms with Crippen LogP contribution in [0.4, 0.5) is 0 Å². The maximum atomic E-state index is 3.63. The van der Waals surface area contributed by atoms with Gasteiger partial charge in [-0.1, -0.05) is 61.3 Å². The number of nitrogens with zero attached hydrogens (tertiary/aromatic N) is 1. The Balaban J connectivity index is 0. The van der Waals surface area contributed by atoms with E-state index in [9.17, 15) is 0 Å². The van der Waals surface area contributed by atoms with Crippen molar-refractivity contribution in [3.8, 4) is 0 Å². The molecule has 0 spiro atoms. The highest BCUT2D eigenvalue weighted by Gasteiger charge is 2.30. The molecular formula is C17H40N2. The zero-order valence-electron chi connectivity index (χ0n) is 15.0. The van der Waals surface area contributed by atoms with Gasteiger partial charge in [0.25, 0.3) is 0 Å². The minimum atomic E-state index is 0.509. The molecule has 118 valence electrons. The van der Waals surface area contributed by atoms with E-state index < -0.39 is 0 Å². The van der Waals surface area contributed by atoms with Crippen LogP contribution in [-0.4, -0.2) is 37.6 Å². The van der Waals surface area contributed by atoms with Crippen LogP contribution in [0, 0.1) is 5.41 Å². The third-order valence-electron chi connectivity index (χ3n) is 3.34. The van der Waals surface area contributed by atoms with E-state index in [1.807, 2.05) is 27.7 Å². The Morgan fingerprint density at radius 3 is 2.11 bits per heavy atom. The highest BCUT2D eigenvalue weighted by Crippen LogP contribution is 2.27. The van der Waals surface area contributed by atoms with Crippen molar-refractivity contribution in [3.63, 3.8) is 0 Å². The second-order valence-corrected chi connectivity index (χ2v) is 5.92. The maximum Gasteiger partial charge on any atom is 0.0200 e. The summed E-state index contributed by atoms with van der Waals surface area (Å²) in [6.45, 7) is 18.6. The normalized spacial score (nSPS) is 20.4. The van der Waals surface area contributed by atoms with E-state index in [1.54, 1.807) is 0 Å². The van der Waals surface area contributed by atoms with Crippen molar-refractivity contribution < 1.29 is 0 Å². The molecule has 1 N–H and O–H groups in total. The summed E-state index contributed by atoms with van der Waals surface area (Å²) in [7, 11) is 2.25. The number of nitrogens with one attached hydrogen (secondary N) is 1. The lowest BCUT2D eigenvalue weighted by molar-refractivity contribution is 0.285. The van der Waals surface area contributed by atoms with E-state index in [1.165, 1.54) is 45.3 Å². The molecule has 1 atom stereocenters. The Labute approximate surface area is 123 Å². The summed E-state index contributed by atoms with van der Waals surface area (Å²) in [5.41, 5.74) is 0.509. The Morgan fingerprint density at radius 1 is 1.11 bits per heavy atom. The van der Waals surface area contributed by atoms with Crippen molar-refractivity contribution in [2.75, 3.05) is 26.7 Å². The monoisotopic (exact) mass is 272 g/mol. The zero-order chi connectivity index (χ0) is 15.3. The van der Waals surface area contributed by atoms with E-state index in [4.69, 9.17) is 0 Å². The quantitative estimate of drug-likeness (QED) is 0.714. The molecule has 0 saturated carbocycles. The van der Waals surface area contributed by atoms with E-state index in [2.05, 4.69) is 38.0 Å².